The van der Waals surface area contributed by atoms with Crippen molar-refractivity contribution >= 4 is 23.7 Å². The Kier molecular flexibility index (Phi) is 8.88. The number of hydrogen-bond donors (Lipinski definition) is 0. The molecule has 0 aromatic rings. The van der Waals surface area contributed by atoms with E-state index in [1.54, 1.807) is 0 Å². The average molecular weight is 465 g/mol. The van der Waals surface area contributed by atoms with Crippen LogP contribution in [0.5, 0.6) is 0 Å². The molecule has 2 fully saturated rings. The molecule has 0 N–H and O–H groups in total. The van der Waals surface area contributed by atoms with Gasteiger partial charge in [-0.25, -0.2) is 0 Å². The number of carbonyl (C=O) groups is 4. The Balaban J connectivity index is 2.28. The lowest BCUT2D eigenvalue weighted by Gasteiger charge is -2.60. The first kappa shape index (κ1) is 27.1. The first-order valence-corrected chi connectivity index (χ1v) is 12.0. The molecule has 0 radical (unpaired) electrons. The molecule has 0 amide bonds. The van der Waals surface area contributed by atoms with E-state index in [0.717, 1.165) is 24.8 Å². The van der Waals surface area contributed by atoms with Gasteiger partial charge in [0.15, 0.2) is 11.9 Å². The highest BCUT2D eigenvalue weighted by Crippen LogP contribution is 2.62. The fourth-order valence-electron chi connectivity index (χ4n) is 5.98. The zero-order valence-electron chi connectivity index (χ0n) is 21.2. The fraction of sp³-hybridized carbons (Fsp3) is 0.769. The quantitative estimate of drug-likeness (QED) is 0.298. The molecule has 0 saturated heterocycles. The first-order chi connectivity index (χ1) is 15.3. The Morgan fingerprint density at radius 2 is 1.67 bits per heavy atom. The van der Waals surface area contributed by atoms with Crippen LogP contribution < -0.4 is 0 Å². The summed E-state index contributed by atoms with van der Waals surface area (Å²) in [5.41, 5.74) is 0.646. The Hall–Kier alpha value is -2.18. The van der Waals surface area contributed by atoms with Crippen molar-refractivity contribution in [2.45, 2.75) is 86.7 Å². The molecule has 0 spiro atoms. The number of carbonyl (C=O) groups excluding carboxylic acids is 4. The van der Waals surface area contributed by atoms with Crippen LogP contribution in [0.25, 0.3) is 0 Å². The summed E-state index contributed by atoms with van der Waals surface area (Å²) in [6, 6.07) is 0. The van der Waals surface area contributed by atoms with Crippen LogP contribution in [0.15, 0.2) is 11.6 Å². The maximum Gasteiger partial charge on any atom is 0.303 e. The topological polar surface area (TPSA) is 96.0 Å². The number of ketones is 1. The molecule has 7 heteroatoms. The number of ether oxygens (including phenoxy) is 3. The van der Waals surface area contributed by atoms with E-state index < -0.39 is 12.1 Å². The fourth-order valence-corrected chi connectivity index (χ4v) is 5.98. The number of hydrogen-bond acceptors (Lipinski definition) is 7. The van der Waals surface area contributed by atoms with Gasteiger partial charge in [-0.2, -0.15) is 0 Å². The largest absolute Gasteiger partial charge is 0.462 e. The zero-order chi connectivity index (χ0) is 25.0. The molecular weight excluding hydrogens is 424 g/mol. The van der Waals surface area contributed by atoms with E-state index in [2.05, 4.69) is 20.8 Å². The van der Waals surface area contributed by atoms with Crippen LogP contribution in [0, 0.1) is 28.6 Å². The summed E-state index contributed by atoms with van der Waals surface area (Å²) >= 11 is 0. The zero-order valence-corrected chi connectivity index (χ0v) is 21.2. The second kappa shape index (κ2) is 10.8. The number of esters is 3. The third kappa shape index (κ3) is 6.24. The summed E-state index contributed by atoms with van der Waals surface area (Å²) in [7, 11) is 0. The predicted octanol–water partition coefficient (Wildman–Crippen LogP) is 4.42. The normalized spacial score (nSPS) is 34.3. The van der Waals surface area contributed by atoms with Gasteiger partial charge in [0.05, 0.1) is 0 Å². The van der Waals surface area contributed by atoms with Gasteiger partial charge in [-0.15, -0.1) is 0 Å². The van der Waals surface area contributed by atoms with E-state index in [9.17, 15) is 19.2 Å². The SMILES string of the molecule is CC(=O)OC/C=C(\CC[C@]1(C)[C@H]2C[C@@H](OC(C)=O)C(=O)[C@@H](C)[C@]2(C)CC[C@H]1C)COC(C)=O. The minimum atomic E-state index is -0.694. The van der Waals surface area contributed by atoms with E-state index in [4.69, 9.17) is 14.2 Å². The molecule has 2 rings (SSSR count). The van der Waals surface area contributed by atoms with Crippen molar-refractivity contribution in [3.05, 3.63) is 11.6 Å². The van der Waals surface area contributed by atoms with Crippen molar-refractivity contribution < 1.29 is 33.4 Å². The maximum absolute atomic E-state index is 13.0. The summed E-state index contributed by atoms with van der Waals surface area (Å²) in [6.45, 7) is 13.1. The second-order valence-electron chi connectivity index (χ2n) is 10.4. The van der Waals surface area contributed by atoms with E-state index in [-0.39, 0.29) is 53.6 Å². The highest BCUT2D eigenvalue weighted by molar-refractivity contribution is 5.88. The summed E-state index contributed by atoms with van der Waals surface area (Å²) < 4.78 is 15.7. The monoisotopic (exact) mass is 464 g/mol. The van der Waals surface area contributed by atoms with Crippen molar-refractivity contribution in [1.82, 2.24) is 0 Å². The molecule has 2 aliphatic rings. The van der Waals surface area contributed by atoms with Gasteiger partial charge >= 0.3 is 17.9 Å². The van der Waals surface area contributed by atoms with Gasteiger partial charge in [0.25, 0.3) is 0 Å². The van der Waals surface area contributed by atoms with Crippen LogP contribution in [0.3, 0.4) is 0 Å². The van der Waals surface area contributed by atoms with Crippen LogP contribution in [0.4, 0.5) is 0 Å². The lowest BCUT2D eigenvalue weighted by Crippen LogP contribution is -2.58. The minimum Gasteiger partial charge on any atom is -0.462 e. The van der Waals surface area contributed by atoms with Crippen LogP contribution in [-0.4, -0.2) is 43.0 Å². The highest BCUT2D eigenvalue weighted by Gasteiger charge is 2.59. The van der Waals surface area contributed by atoms with Crippen molar-refractivity contribution in [1.29, 1.82) is 0 Å². The van der Waals surface area contributed by atoms with Gasteiger partial charge in [-0.3, -0.25) is 19.2 Å². The lowest BCUT2D eigenvalue weighted by molar-refractivity contribution is -0.178. The van der Waals surface area contributed by atoms with E-state index in [1.807, 2.05) is 13.0 Å². The smallest absolute Gasteiger partial charge is 0.303 e. The molecular formula is C26H40O7. The third-order valence-corrected chi connectivity index (χ3v) is 8.43. The highest BCUT2D eigenvalue weighted by atomic mass is 16.5. The second-order valence-corrected chi connectivity index (χ2v) is 10.4. The third-order valence-electron chi connectivity index (χ3n) is 8.43. The van der Waals surface area contributed by atoms with Gasteiger partial charge < -0.3 is 14.2 Å². The van der Waals surface area contributed by atoms with Gasteiger partial charge in [0.1, 0.15) is 13.2 Å². The van der Waals surface area contributed by atoms with Crippen LogP contribution in [0.2, 0.25) is 0 Å². The number of rotatable bonds is 8. The Labute approximate surface area is 197 Å². The van der Waals surface area contributed by atoms with Crippen LogP contribution in [-0.2, 0) is 33.4 Å². The predicted molar refractivity (Wildman–Crippen MR) is 123 cm³/mol. The van der Waals surface area contributed by atoms with E-state index in [1.165, 1.54) is 20.8 Å². The summed E-state index contributed by atoms with van der Waals surface area (Å²) in [5, 5.41) is 0. The molecule has 2 aliphatic carbocycles. The molecule has 0 heterocycles. The summed E-state index contributed by atoms with van der Waals surface area (Å²) in [5.74, 6) is -0.690. The van der Waals surface area contributed by atoms with Gasteiger partial charge in [-0.1, -0.05) is 27.7 Å². The molecule has 6 atom stereocenters. The molecule has 2 saturated carbocycles. The molecule has 0 unspecified atom stereocenters. The standard InChI is InChI=1S/C26H40O7/c1-16-8-11-26(7)17(2)24(30)22(33-20(5)29)14-23(26)25(16,6)12-9-21(15-32-19(4)28)10-13-31-18(3)27/h10,16-17,22-23H,8-9,11-15H2,1-7H3/b21-10+/t16-,17-,22-,23-,25+,26+/m1/s1. The Morgan fingerprint density at radius 3 is 2.24 bits per heavy atom. The Bertz CT molecular complexity index is 800. The van der Waals surface area contributed by atoms with Gasteiger partial charge in [-0.05, 0) is 66.4 Å². The van der Waals surface area contributed by atoms with E-state index in [0.29, 0.717) is 18.8 Å². The van der Waals surface area contributed by atoms with Crippen molar-refractivity contribution in [3.8, 4) is 0 Å². The number of fused-ring (bicyclic) bond motifs is 1. The van der Waals surface area contributed by atoms with Crippen molar-refractivity contribution in [2.75, 3.05) is 13.2 Å². The molecule has 0 aromatic heterocycles. The van der Waals surface area contributed by atoms with Crippen LogP contribution in [0.1, 0.15) is 80.6 Å². The summed E-state index contributed by atoms with van der Waals surface area (Å²) in [4.78, 5) is 47.2. The first-order valence-electron chi connectivity index (χ1n) is 12.0. The molecule has 0 bridgehead atoms. The number of Topliss-reactive ketones (excluding diaryl/α,β-unsaturated/α-hetero) is 1. The van der Waals surface area contributed by atoms with Gasteiger partial charge in [0.2, 0.25) is 0 Å². The van der Waals surface area contributed by atoms with Crippen LogP contribution >= 0.6 is 0 Å². The molecule has 33 heavy (non-hydrogen) atoms. The lowest BCUT2D eigenvalue weighted by atomic mass is 9.44. The average Bonchev–Trinajstić information content (AvgIpc) is 2.72. The Morgan fingerprint density at radius 1 is 1.03 bits per heavy atom. The maximum atomic E-state index is 13.0. The molecule has 186 valence electrons. The van der Waals surface area contributed by atoms with Crippen molar-refractivity contribution in [2.24, 2.45) is 28.6 Å². The van der Waals surface area contributed by atoms with Crippen molar-refractivity contribution in [3.63, 3.8) is 0 Å². The molecule has 0 aromatic carbocycles. The molecule has 7 nitrogen and oxygen atoms in total. The summed E-state index contributed by atoms with van der Waals surface area (Å²) in [6.07, 6.45) is 5.16. The minimum absolute atomic E-state index is 0.0256. The van der Waals surface area contributed by atoms with Gasteiger partial charge in [0, 0.05) is 26.7 Å². The van der Waals surface area contributed by atoms with E-state index >= 15 is 0 Å². The molecule has 0 aliphatic heterocycles.